The number of hydrogen-bond acceptors (Lipinski definition) is 3. The monoisotopic (exact) mass is 245 g/mol. The molecule has 0 radical (unpaired) electrons. The zero-order valence-electron chi connectivity index (χ0n) is 9.62. The van der Waals surface area contributed by atoms with Crippen LogP contribution in [0.3, 0.4) is 0 Å². The number of aromatic amines is 1. The number of nitrogens with one attached hydrogen (secondary N) is 1. The first-order valence-electron chi connectivity index (χ1n) is 5.20. The van der Waals surface area contributed by atoms with E-state index in [1.807, 2.05) is 0 Å². The number of aromatic carboxylic acids is 1. The van der Waals surface area contributed by atoms with E-state index in [4.69, 9.17) is 5.11 Å². The molecule has 0 aliphatic heterocycles. The number of hydrogen-bond donors (Lipinski definition) is 2. The highest BCUT2D eigenvalue weighted by Crippen LogP contribution is 2.12. The lowest BCUT2D eigenvalue weighted by Crippen LogP contribution is -2.26. The molecular formula is C12H11N3O3. The molecular weight excluding hydrogens is 234 g/mol. The highest BCUT2D eigenvalue weighted by molar-refractivity contribution is 6.06. The van der Waals surface area contributed by atoms with Gasteiger partial charge in [-0.25, -0.2) is 9.78 Å². The molecule has 2 aromatic rings. The van der Waals surface area contributed by atoms with Crippen LogP contribution in [0.15, 0.2) is 36.7 Å². The molecule has 0 spiro atoms. The molecule has 2 aromatic heterocycles. The molecule has 6 heteroatoms. The van der Waals surface area contributed by atoms with Crippen molar-refractivity contribution in [2.24, 2.45) is 0 Å². The van der Waals surface area contributed by atoms with Crippen LogP contribution in [0.5, 0.6) is 0 Å². The summed E-state index contributed by atoms with van der Waals surface area (Å²) in [6.07, 6.45) is 3.01. The Balaban J connectivity index is 2.29. The van der Waals surface area contributed by atoms with Gasteiger partial charge in [-0.1, -0.05) is 0 Å². The molecule has 0 saturated heterocycles. The third-order valence-corrected chi connectivity index (χ3v) is 2.47. The number of carboxylic acids is 1. The maximum absolute atomic E-state index is 12.1. The third-order valence-electron chi connectivity index (χ3n) is 2.47. The molecule has 2 heterocycles. The Morgan fingerprint density at radius 2 is 2.17 bits per heavy atom. The third kappa shape index (κ3) is 2.22. The molecule has 0 aliphatic carbocycles. The smallest absolute Gasteiger partial charge is 0.354 e. The van der Waals surface area contributed by atoms with Crippen molar-refractivity contribution < 1.29 is 14.7 Å². The summed E-state index contributed by atoms with van der Waals surface area (Å²) in [5, 5.41) is 8.82. The number of H-pyrrole nitrogens is 1. The second kappa shape index (κ2) is 4.70. The number of carbonyl (C=O) groups excluding carboxylic acids is 1. The van der Waals surface area contributed by atoms with Gasteiger partial charge in [0, 0.05) is 25.0 Å². The molecule has 92 valence electrons. The lowest BCUT2D eigenvalue weighted by Gasteiger charge is -2.15. The summed E-state index contributed by atoms with van der Waals surface area (Å²) < 4.78 is 0. The number of carbonyl (C=O) groups is 2. The average Bonchev–Trinajstić information content (AvgIpc) is 2.91. The van der Waals surface area contributed by atoms with Crippen LogP contribution in [-0.2, 0) is 0 Å². The maximum Gasteiger partial charge on any atom is 0.354 e. The van der Waals surface area contributed by atoms with E-state index in [1.54, 1.807) is 25.4 Å². The zero-order chi connectivity index (χ0) is 13.1. The number of aromatic nitrogens is 2. The Labute approximate surface area is 103 Å². The minimum Gasteiger partial charge on any atom is -0.477 e. The number of rotatable bonds is 3. The fourth-order valence-corrected chi connectivity index (χ4v) is 1.51. The molecule has 2 rings (SSSR count). The predicted octanol–water partition coefficient (Wildman–Crippen LogP) is 1.38. The van der Waals surface area contributed by atoms with Crippen molar-refractivity contribution in [1.29, 1.82) is 0 Å². The lowest BCUT2D eigenvalue weighted by atomic mass is 10.2. The highest BCUT2D eigenvalue weighted by atomic mass is 16.4. The van der Waals surface area contributed by atoms with Gasteiger partial charge in [-0.05, 0) is 24.3 Å². The number of anilines is 1. The van der Waals surface area contributed by atoms with Gasteiger partial charge in [0.1, 0.15) is 11.5 Å². The van der Waals surface area contributed by atoms with Crippen LogP contribution in [0.25, 0.3) is 0 Å². The molecule has 0 unspecified atom stereocenters. The van der Waals surface area contributed by atoms with Gasteiger partial charge in [-0.2, -0.15) is 0 Å². The quantitative estimate of drug-likeness (QED) is 0.855. The fourth-order valence-electron chi connectivity index (χ4n) is 1.51. The molecule has 0 saturated carbocycles. The van der Waals surface area contributed by atoms with Gasteiger partial charge in [0.05, 0.1) is 0 Å². The number of amides is 1. The molecule has 18 heavy (non-hydrogen) atoms. The minimum atomic E-state index is -1.16. The van der Waals surface area contributed by atoms with Gasteiger partial charge < -0.3 is 10.1 Å². The fraction of sp³-hybridized carbons (Fsp3) is 0.0833. The first-order chi connectivity index (χ1) is 8.59. The topological polar surface area (TPSA) is 86.3 Å². The first kappa shape index (κ1) is 11.8. The summed E-state index contributed by atoms with van der Waals surface area (Å²) in [5.74, 6) is -0.830. The van der Waals surface area contributed by atoms with Crippen LogP contribution in [0.4, 0.5) is 5.82 Å². The van der Waals surface area contributed by atoms with Crippen LogP contribution in [-0.4, -0.2) is 34.0 Å². The van der Waals surface area contributed by atoms with Crippen molar-refractivity contribution in [2.75, 3.05) is 11.9 Å². The van der Waals surface area contributed by atoms with Crippen molar-refractivity contribution >= 4 is 17.7 Å². The van der Waals surface area contributed by atoms with Crippen LogP contribution in [0.1, 0.15) is 20.8 Å². The largest absolute Gasteiger partial charge is 0.477 e. The minimum absolute atomic E-state index is 0.152. The number of pyridine rings is 1. The van der Waals surface area contributed by atoms with E-state index >= 15 is 0 Å². The number of carboxylic acid groups (broad SMARTS) is 1. The van der Waals surface area contributed by atoms with Gasteiger partial charge in [-0.15, -0.1) is 0 Å². The van der Waals surface area contributed by atoms with Crippen molar-refractivity contribution in [1.82, 2.24) is 9.97 Å². The van der Waals surface area contributed by atoms with Crippen molar-refractivity contribution in [2.45, 2.75) is 0 Å². The van der Waals surface area contributed by atoms with Crippen LogP contribution >= 0.6 is 0 Å². The standard InChI is InChI=1S/C12H11N3O3/c1-15(10-3-2-5-14-10)11(16)8-4-6-13-9(7-8)12(17)18/h2-7,14H,1H3,(H,17,18). The normalized spacial score (nSPS) is 10.1. The second-order valence-electron chi connectivity index (χ2n) is 3.65. The van der Waals surface area contributed by atoms with E-state index < -0.39 is 5.97 Å². The van der Waals surface area contributed by atoms with E-state index in [1.165, 1.54) is 23.2 Å². The van der Waals surface area contributed by atoms with Gasteiger partial charge in [0.2, 0.25) is 0 Å². The molecule has 1 amide bonds. The first-order valence-corrected chi connectivity index (χ1v) is 5.20. The molecule has 2 N–H and O–H groups in total. The Kier molecular flexibility index (Phi) is 3.09. The van der Waals surface area contributed by atoms with E-state index in [2.05, 4.69) is 9.97 Å². The van der Waals surface area contributed by atoms with Crippen molar-refractivity contribution in [3.8, 4) is 0 Å². The summed E-state index contributed by atoms with van der Waals surface area (Å²) in [5.41, 5.74) is 0.125. The summed E-state index contributed by atoms with van der Waals surface area (Å²) in [6, 6.07) is 6.25. The molecule has 6 nitrogen and oxygen atoms in total. The Bertz CT molecular complexity index is 578. The van der Waals surface area contributed by atoms with Crippen LogP contribution < -0.4 is 4.90 Å². The van der Waals surface area contributed by atoms with Gasteiger partial charge in [-0.3, -0.25) is 9.69 Å². The summed E-state index contributed by atoms with van der Waals surface area (Å²) in [7, 11) is 1.61. The summed E-state index contributed by atoms with van der Waals surface area (Å²) >= 11 is 0. The molecule has 0 bridgehead atoms. The van der Waals surface area contributed by atoms with Gasteiger partial charge >= 0.3 is 5.97 Å². The Hall–Kier alpha value is -2.63. The summed E-state index contributed by atoms with van der Waals surface area (Å²) in [4.78, 5) is 30.9. The van der Waals surface area contributed by atoms with Gasteiger partial charge in [0.15, 0.2) is 0 Å². The van der Waals surface area contributed by atoms with Crippen LogP contribution in [0.2, 0.25) is 0 Å². The Morgan fingerprint density at radius 1 is 1.39 bits per heavy atom. The van der Waals surface area contributed by atoms with E-state index in [9.17, 15) is 9.59 Å². The van der Waals surface area contributed by atoms with E-state index in [0.717, 1.165) is 0 Å². The SMILES string of the molecule is CN(C(=O)c1ccnc(C(=O)O)c1)c1ccc[nH]1. The second-order valence-corrected chi connectivity index (χ2v) is 3.65. The maximum atomic E-state index is 12.1. The summed E-state index contributed by atoms with van der Waals surface area (Å²) in [6.45, 7) is 0. The molecule has 0 aliphatic rings. The molecule has 0 atom stereocenters. The zero-order valence-corrected chi connectivity index (χ0v) is 9.62. The van der Waals surface area contributed by atoms with E-state index in [0.29, 0.717) is 5.82 Å². The average molecular weight is 245 g/mol. The van der Waals surface area contributed by atoms with Crippen molar-refractivity contribution in [3.05, 3.63) is 47.9 Å². The molecule has 0 fully saturated rings. The van der Waals surface area contributed by atoms with Gasteiger partial charge in [0.25, 0.3) is 5.91 Å². The molecule has 0 aromatic carbocycles. The van der Waals surface area contributed by atoms with E-state index in [-0.39, 0.29) is 17.2 Å². The Morgan fingerprint density at radius 3 is 2.78 bits per heavy atom. The number of nitrogens with zero attached hydrogens (tertiary/aromatic N) is 2. The van der Waals surface area contributed by atoms with Crippen LogP contribution in [0, 0.1) is 0 Å². The highest BCUT2D eigenvalue weighted by Gasteiger charge is 2.16. The predicted molar refractivity (Wildman–Crippen MR) is 64.7 cm³/mol. The van der Waals surface area contributed by atoms with Crippen molar-refractivity contribution in [3.63, 3.8) is 0 Å². The lowest BCUT2D eigenvalue weighted by molar-refractivity contribution is 0.0690.